The summed E-state index contributed by atoms with van der Waals surface area (Å²) < 4.78 is 21.1. The third-order valence-corrected chi connectivity index (χ3v) is 7.75. The van der Waals surface area contributed by atoms with E-state index >= 15 is 0 Å². The molecule has 0 bridgehead atoms. The van der Waals surface area contributed by atoms with Gasteiger partial charge in [-0.25, -0.2) is 4.57 Å². The van der Waals surface area contributed by atoms with Gasteiger partial charge in [0, 0.05) is 11.9 Å². The molecule has 0 saturated carbocycles. The molecule has 0 amide bonds. The molecule has 2 unspecified atom stereocenters. The quantitative estimate of drug-likeness (QED) is 0.0978. The zero-order chi connectivity index (χ0) is 23.9. The first-order valence-electron chi connectivity index (χ1n) is 13.3. The molecule has 2 N–H and O–H groups in total. The van der Waals surface area contributed by atoms with Gasteiger partial charge in [0.25, 0.3) is 0 Å². The van der Waals surface area contributed by atoms with Gasteiger partial charge in [-0.05, 0) is 31.9 Å². The van der Waals surface area contributed by atoms with Gasteiger partial charge in [0.05, 0.1) is 12.7 Å². The Bertz CT molecular complexity index is 433. The van der Waals surface area contributed by atoms with Crippen molar-refractivity contribution in [3.63, 3.8) is 0 Å². The Labute approximate surface area is 203 Å². The Kier molecular flexibility index (Phi) is 23.5. The van der Waals surface area contributed by atoms with Crippen LogP contribution in [0.1, 0.15) is 130 Å². The largest absolute Gasteiger partial charge is 0.469 e. The number of ether oxygens (including phenoxy) is 1. The van der Waals surface area contributed by atoms with Crippen LogP contribution in [0.3, 0.4) is 0 Å². The minimum atomic E-state index is -4.41. The number of phosphoric ester groups is 1. The molecule has 0 rings (SSSR count). The predicted molar refractivity (Wildman–Crippen MR) is 139 cm³/mol. The van der Waals surface area contributed by atoms with Crippen LogP contribution in [0.15, 0.2) is 0 Å². The summed E-state index contributed by atoms with van der Waals surface area (Å²) in [5, 5.41) is 0.616. The van der Waals surface area contributed by atoms with E-state index in [4.69, 9.17) is 14.5 Å². The monoisotopic (exact) mass is 496 g/mol. The Morgan fingerprint density at radius 3 is 1.78 bits per heavy atom. The van der Waals surface area contributed by atoms with E-state index in [2.05, 4.69) is 30.1 Å². The van der Waals surface area contributed by atoms with Crippen LogP contribution in [0, 0.1) is 0 Å². The number of rotatable bonds is 25. The van der Waals surface area contributed by atoms with Crippen LogP contribution >= 0.6 is 19.6 Å². The van der Waals surface area contributed by atoms with Gasteiger partial charge in [-0.1, -0.05) is 104 Å². The summed E-state index contributed by atoms with van der Waals surface area (Å²) in [6, 6.07) is 0. The second-order valence-corrected chi connectivity index (χ2v) is 11.8. The molecule has 5 nitrogen and oxygen atoms in total. The summed E-state index contributed by atoms with van der Waals surface area (Å²) in [4.78, 5) is 17.6. The van der Waals surface area contributed by atoms with E-state index in [1.165, 1.54) is 108 Å². The molecule has 0 aliphatic heterocycles. The van der Waals surface area contributed by atoms with Gasteiger partial charge < -0.3 is 14.5 Å². The summed E-state index contributed by atoms with van der Waals surface area (Å²) in [6.45, 7) is 6.87. The average Bonchev–Trinajstić information content (AvgIpc) is 2.75. The Balaban J connectivity index is 3.94. The van der Waals surface area contributed by atoms with Crippen molar-refractivity contribution in [1.82, 2.24) is 0 Å². The summed E-state index contributed by atoms with van der Waals surface area (Å²) in [5.74, 6) is 1.23. The Morgan fingerprint density at radius 1 is 0.750 bits per heavy atom. The zero-order valence-electron chi connectivity index (χ0n) is 21.3. The lowest BCUT2D eigenvalue weighted by Crippen LogP contribution is -2.18. The van der Waals surface area contributed by atoms with Crippen molar-refractivity contribution in [3.8, 4) is 0 Å². The highest BCUT2D eigenvalue weighted by molar-refractivity contribution is 7.99. The maximum atomic E-state index is 10.8. The first-order chi connectivity index (χ1) is 15.4. The van der Waals surface area contributed by atoms with Gasteiger partial charge in [0.15, 0.2) is 0 Å². The van der Waals surface area contributed by atoms with Gasteiger partial charge in [-0.2, -0.15) is 11.8 Å². The van der Waals surface area contributed by atoms with Crippen LogP contribution < -0.4 is 0 Å². The standard InChI is InChI=1S/C25H53O5PS/c1-4-6-8-10-11-12-13-14-16-18-22-32-25(19-17-15-9-7-5-2)20-21-29-24(3)23-30-31(26,27)28/h24-25H,4-23H2,1-3H3,(H2,26,27,28). The molecule has 2 atom stereocenters. The lowest BCUT2D eigenvalue weighted by atomic mass is 10.1. The highest BCUT2D eigenvalue weighted by atomic mass is 32.2. The second kappa shape index (κ2) is 23.2. The smallest absolute Gasteiger partial charge is 0.376 e. The minimum absolute atomic E-state index is 0.0717. The van der Waals surface area contributed by atoms with Gasteiger partial charge >= 0.3 is 7.82 Å². The molecule has 0 radical (unpaired) electrons. The summed E-state index contributed by atoms with van der Waals surface area (Å²) in [7, 11) is -4.41. The average molecular weight is 497 g/mol. The van der Waals surface area contributed by atoms with Crippen LogP contribution in [0.25, 0.3) is 0 Å². The fourth-order valence-electron chi connectivity index (χ4n) is 3.78. The minimum Gasteiger partial charge on any atom is -0.376 e. The Morgan fingerprint density at radius 2 is 1.25 bits per heavy atom. The van der Waals surface area contributed by atoms with Crippen LogP contribution in [0.5, 0.6) is 0 Å². The first-order valence-corrected chi connectivity index (χ1v) is 15.9. The summed E-state index contributed by atoms with van der Waals surface area (Å²) in [6.07, 6.45) is 22.2. The maximum Gasteiger partial charge on any atom is 0.469 e. The SMILES string of the molecule is CCCCCCCCCCCCSC(CCCCCCC)CCOC(C)COP(=O)(O)O. The molecular weight excluding hydrogens is 443 g/mol. The molecule has 0 spiro atoms. The summed E-state index contributed by atoms with van der Waals surface area (Å²) in [5.41, 5.74) is 0. The molecular formula is C25H53O5PS. The van der Waals surface area contributed by atoms with Crippen LogP contribution in [0.2, 0.25) is 0 Å². The summed E-state index contributed by atoms with van der Waals surface area (Å²) >= 11 is 2.10. The van der Waals surface area contributed by atoms with Crippen LogP contribution in [-0.2, 0) is 13.8 Å². The molecule has 7 heteroatoms. The third kappa shape index (κ3) is 25.1. The van der Waals surface area contributed by atoms with Crippen LogP contribution in [-0.4, -0.2) is 40.1 Å². The third-order valence-electron chi connectivity index (χ3n) is 5.80. The highest BCUT2D eigenvalue weighted by Gasteiger charge is 2.16. The van der Waals surface area contributed by atoms with E-state index in [1.54, 1.807) is 6.92 Å². The number of hydrogen-bond acceptors (Lipinski definition) is 4. The molecule has 0 aromatic heterocycles. The first kappa shape index (κ1) is 32.4. The van der Waals surface area contributed by atoms with Gasteiger partial charge in [-0.3, -0.25) is 4.52 Å². The molecule has 0 aliphatic carbocycles. The van der Waals surface area contributed by atoms with Crippen molar-refractivity contribution in [1.29, 1.82) is 0 Å². The molecule has 194 valence electrons. The van der Waals surface area contributed by atoms with Crippen molar-refractivity contribution in [3.05, 3.63) is 0 Å². The Hall–Kier alpha value is 0.420. The molecule has 0 aliphatic rings. The molecule has 0 heterocycles. The zero-order valence-corrected chi connectivity index (χ0v) is 23.0. The topological polar surface area (TPSA) is 76.0 Å². The molecule has 0 saturated heterocycles. The van der Waals surface area contributed by atoms with Gasteiger partial charge in [-0.15, -0.1) is 0 Å². The van der Waals surface area contributed by atoms with Crippen molar-refractivity contribution < 1.29 is 23.6 Å². The van der Waals surface area contributed by atoms with Gasteiger partial charge in [0.1, 0.15) is 0 Å². The number of phosphoric acid groups is 1. The van der Waals surface area contributed by atoms with E-state index in [-0.39, 0.29) is 12.7 Å². The normalized spacial score (nSPS) is 14.0. The van der Waals surface area contributed by atoms with Gasteiger partial charge in [0.2, 0.25) is 0 Å². The van der Waals surface area contributed by atoms with E-state index in [0.717, 1.165) is 6.42 Å². The fraction of sp³-hybridized carbons (Fsp3) is 1.00. The second-order valence-electron chi connectivity index (χ2n) is 9.13. The van der Waals surface area contributed by atoms with E-state index in [0.29, 0.717) is 11.9 Å². The van der Waals surface area contributed by atoms with E-state index in [1.807, 2.05) is 0 Å². The molecule has 0 aromatic rings. The fourth-order valence-corrected chi connectivity index (χ4v) is 5.48. The van der Waals surface area contributed by atoms with Crippen molar-refractivity contribution in [2.24, 2.45) is 0 Å². The molecule has 32 heavy (non-hydrogen) atoms. The maximum absolute atomic E-state index is 10.8. The van der Waals surface area contributed by atoms with Crippen molar-refractivity contribution >= 4 is 19.6 Å². The van der Waals surface area contributed by atoms with Crippen molar-refractivity contribution in [2.45, 2.75) is 141 Å². The number of thioether (sulfide) groups is 1. The number of hydrogen-bond donors (Lipinski definition) is 2. The highest BCUT2D eigenvalue weighted by Crippen LogP contribution is 2.35. The predicted octanol–water partition coefficient (Wildman–Crippen LogP) is 8.27. The van der Waals surface area contributed by atoms with Crippen molar-refractivity contribution in [2.75, 3.05) is 19.0 Å². The van der Waals surface area contributed by atoms with E-state index in [9.17, 15) is 4.57 Å². The lowest BCUT2D eigenvalue weighted by molar-refractivity contribution is 0.0220. The molecule has 0 fully saturated rings. The van der Waals surface area contributed by atoms with Crippen LogP contribution in [0.4, 0.5) is 0 Å². The molecule has 0 aromatic carbocycles. The lowest BCUT2D eigenvalue weighted by Gasteiger charge is -2.19. The van der Waals surface area contributed by atoms with E-state index < -0.39 is 7.82 Å². The number of unbranched alkanes of at least 4 members (excludes halogenated alkanes) is 13.